The van der Waals surface area contributed by atoms with Gasteiger partial charge in [-0.3, -0.25) is 4.99 Å². The molecule has 7 heteroatoms. The number of nitrogens with one attached hydrogen (secondary N) is 2. The van der Waals surface area contributed by atoms with Gasteiger partial charge in [-0.1, -0.05) is 11.6 Å². The third-order valence-corrected chi connectivity index (χ3v) is 3.81. The van der Waals surface area contributed by atoms with E-state index in [4.69, 9.17) is 16.3 Å². The van der Waals surface area contributed by atoms with E-state index in [1.54, 1.807) is 14.2 Å². The van der Waals surface area contributed by atoms with E-state index in [9.17, 15) is 0 Å². The molecule has 2 rings (SSSR count). The Morgan fingerprint density at radius 3 is 2.91 bits per heavy atom. The molecule has 0 aromatic heterocycles. The molecule has 1 saturated heterocycles. The second-order valence-corrected chi connectivity index (χ2v) is 5.43. The minimum absolute atomic E-state index is 0. The van der Waals surface area contributed by atoms with Gasteiger partial charge in [-0.2, -0.15) is 0 Å². The van der Waals surface area contributed by atoms with Crippen molar-refractivity contribution in [1.29, 1.82) is 0 Å². The molecular formula is C15H24ClIN4O. The molecule has 0 spiro atoms. The molecule has 22 heavy (non-hydrogen) atoms. The highest BCUT2D eigenvalue weighted by molar-refractivity contribution is 14.0. The largest absolute Gasteiger partial charge is 0.495 e. The highest BCUT2D eigenvalue weighted by Crippen LogP contribution is 2.33. The molecule has 124 valence electrons. The Morgan fingerprint density at radius 1 is 1.50 bits per heavy atom. The number of benzene rings is 1. The lowest BCUT2D eigenvalue weighted by atomic mass is 10.2. The topological polar surface area (TPSA) is 48.9 Å². The second kappa shape index (κ2) is 9.29. The molecular weight excluding hydrogens is 415 g/mol. The van der Waals surface area contributed by atoms with E-state index >= 15 is 0 Å². The number of rotatable bonds is 4. The van der Waals surface area contributed by atoms with Crippen LogP contribution in [0.5, 0.6) is 5.75 Å². The van der Waals surface area contributed by atoms with Crippen molar-refractivity contribution < 1.29 is 4.74 Å². The number of methoxy groups -OCH3 is 1. The van der Waals surface area contributed by atoms with Gasteiger partial charge in [-0.15, -0.1) is 24.0 Å². The Kier molecular flexibility index (Phi) is 8.09. The fourth-order valence-electron chi connectivity index (χ4n) is 2.56. The molecule has 1 atom stereocenters. The first kappa shape index (κ1) is 19.2. The Morgan fingerprint density at radius 2 is 2.27 bits per heavy atom. The number of anilines is 1. The Labute approximate surface area is 154 Å². The molecule has 2 N–H and O–H groups in total. The van der Waals surface area contributed by atoms with E-state index in [0.29, 0.717) is 6.04 Å². The molecule has 0 aliphatic carbocycles. The Bertz CT molecular complexity index is 512. The van der Waals surface area contributed by atoms with Gasteiger partial charge in [0.25, 0.3) is 0 Å². The van der Waals surface area contributed by atoms with Crippen molar-refractivity contribution in [2.24, 2.45) is 4.99 Å². The summed E-state index contributed by atoms with van der Waals surface area (Å²) >= 11 is 6.11. The number of nitrogens with zero attached hydrogens (tertiary/aromatic N) is 2. The number of aliphatic imine (C=N–C) groups is 1. The summed E-state index contributed by atoms with van der Waals surface area (Å²) in [5.74, 6) is 1.71. The fourth-order valence-corrected chi connectivity index (χ4v) is 2.73. The van der Waals surface area contributed by atoms with Crippen molar-refractivity contribution in [3.05, 3.63) is 23.2 Å². The maximum Gasteiger partial charge on any atom is 0.191 e. The summed E-state index contributed by atoms with van der Waals surface area (Å²) in [4.78, 5) is 6.51. The van der Waals surface area contributed by atoms with Gasteiger partial charge in [0.1, 0.15) is 5.75 Å². The zero-order valence-electron chi connectivity index (χ0n) is 13.2. The van der Waals surface area contributed by atoms with Crippen LogP contribution in [0.4, 0.5) is 5.69 Å². The molecule has 1 aliphatic rings. The highest BCUT2D eigenvalue weighted by atomic mass is 127. The molecule has 1 aliphatic heterocycles. The average molecular weight is 439 g/mol. The van der Waals surface area contributed by atoms with E-state index < -0.39 is 0 Å². The van der Waals surface area contributed by atoms with Gasteiger partial charge < -0.3 is 20.3 Å². The summed E-state index contributed by atoms with van der Waals surface area (Å²) in [5.41, 5.74) is 1.05. The minimum atomic E-state index is 0. The maximum atomic E-state index is 6.11. The first-order valence-electron chi connectivity index (χ1n) is 7.23. The third kappa shape index (κ3) is 4.81. The first-order valence-corrected chi connectivity index (χ1v) is 7.61. The second-order valence-electron chi connectivity index (χ2n) is 4.99. The summed E-state index contributed by atoms with van der Waals surface area (Å²) < 4.78 is 5.43. The fraction of sp³-hybridized carbons (Fsp3) is 0.533. The summed E-state index contributed by atoms with van der Waals surface area (Å²) in [6.07, 6.45) is 1.06. The number of ether oxygens (including phenoxy) is 1. The van der Waals surface area contributed by atoms with Crippen LogP contribution in [0, 0.1) is 0 Å². The standard InChI is InChI=1S/C15H23ClN4O.HI/c1-4-18-15(17-2)19-12-7-8-20(10-12)13-9-11(16)5-6-14(13)21-3;/h5-6,9,12H,4,7-8,10H2,1-3H3,(H2,17,18,19);1H. The smallest absolute Gasteiger partial charge is 0.191 e. The van der Waals surface area contributed by atoms with E-state index in [0.717, 1.165) is 48.5 Å². The van der Waals surface area contributed by atoms with Crippen molar-refractivity contribution >= 4 is 47.2 Å². The van der Waals surface area contributed by atoms with Gasteiger partial charge in [-0.25, -0.2) is 0 Å². The van der Waals surface area contributed by atoms with Crippen LogP contribution in [0.1, 0.15) is 13.3 Å². The van der Waals surface area contributed by atoms with Crippen LogP contribution in [0.25, 0.3) is 0 Å². The van der Waals surface area contributed by atoms with Crippen molar-refractivity contribution in [3.8, 4) is 5.75 Å². The molecule has 1 unspecified atom stereocenters. The van der Waals surface area contributed by atoms with E-state index in [1.165, 1.54) is 0 Å². The molecule has 1 aromatic carbocycles. The molecule has 5 nitrogen and oxygen atoms in total. The van der Waals surface area contributed by atoms with Crippen LogP contribution in [-0.2, 0) is 0 Å². The van der Waals surface area contributed by atoms with Gasteiger partial charge in [-0.05, 0) is 31.5 Å². The molecule has 1 aromatic rings. The van der Waals surface area contributed by atoms with Crippen LogP contribution in [0.3, 0.4) is 0 Å². The lowest BCUT2D eigenvalue weighted by Crippen LogP contribution is -2.44. The summed E-state index contributed by atoms with van der Waals surface area (Å²) in [5, 5.41) is 7.39. The molecule has 0 amide bonds. The van der Waals surface area contributed by atoms with Crippen LogP contribution >= 0.6 is 35.6 Å². The normalized spacial score (nSPS) is 17.9. The maximum absolute atomic E-state index is 6.11. The number of halogens is 2. The molecule has 0 radical (unpaired) electrons. The summed E-state index contributed by atoms with van der Waals surface area (Å²) in [6, 6.07) is 6.09. The van der Waals surface area contributed by atoms with Crippen LogP contribution in [-0.4, -0.2) is 45.8 Å². The van der Waals surface area contributed by atoms with Crippen LogP contribution in [0.2, 0.25) is 5.02 Å². The monoisotopic (exact) mass is 438 g/mol. The zero-order valence-corrected chi connectivity index (χ0v) is 16.3. The van der Waals surface area contributed by atoms with Crippen molar-refractivity contribution in [1.82, 2.24) is 10.6 Å². The average Bonchev–Trinajstić information content (AvgIpc) is 2.95. The predicted octanol–water partition coefficient (Wildman–Crippen LogP) is 2.73. The lowest BCUT2D eigenvalue weighted by molar-refractivity contribution is 0.415. The minimum Gasteiger partial charge on any atom is -0.495 e. The van der Waals surface area contributed by atoms with Gasteiger partial charge >= 0.3 is 0 Å². The van der Waals surface area contributed by atoms with E-state index in [-0.39, 0.29) is 24.0 Å². The van der Waals surface area contributed by atoms with Gasteiger partial charge in [0.2, 0.25) is 0 Å². The highest BCUT2D eigenvalue weighted by Gasteiger charge is 2.25. The van der Waals surface area contributed by atoms with Crippen molar-refractivity contribution in [2.45, 2.75) is 19.4 Å². The third-order valence-electron chi connectivity index (χ3n) is 3.58. The van der Waals surface area contributed by atoms with E-state index in [2.05, 4.69) is 27.4 Å². The molecule has 0 saturated carbocycles. The van der Waals surface area contributed by atoms with Gasteiger partial charge in [0, 0.05) is 37.7 Å². The quantitative estimate of drug-likeness (QED) is 0.431. The van der Waals surface area contributed by atoms with Gasteiger partial charge in [0.15, 0.2) is 5.96 Å². The summed E-state index contributed by atoms with van der Waals surface area (Å²) in [7, 11) is 3.48. The summed E-state index contributed by atoms with van der Waals surface area (Å²) in [6.45, 7) is 4.79. The molecule has 1 heterocycles. The first-order chi connectivity index (χ1) is 10.2. The van der Waals surface area contributed by atoms with Crippen LogP contribution in [0.15, 0.2) is 23.2 Å². The Balaban J connectivity index is 0.00000242. The van der Waals surface area contributed by atoms with E-state index in [1.807, 2.05) is 18.2 Å². The number of hydrogen-bond acceptors (Lipinski definition) is 3. The number of hydrogen-bond donors (Lipinski definition) is 2. The predicted molar refractivity (Wildman–Crippen MR) is 104 cm³/mol. The van der Waals surface area contributed by atoms with Gasteiger partial charge in [0.05, 0.1) is 12.8 Å². The number of guanidine groups is 1. The zero-order chi connectivity index (χ0) is 15.2. The van der Waals surface area contributed by atoms with Crippen molar-refractivity contribution in [2.75, 3.05) is 38.7 Å². The molecule has 0 bridgehead atoms. The van der Waals surface area contributed by atoms with Crippen LogP contribution < -0.4 is 20.3 Å². The Hall–Kier alpha value is -0.890. The molecule has 1 fully saturated rings. The SMILES string of the molecule is CCNC(=NC)NC1CCN(c2cc(Cl)ccc2OC)C1.I. The lowest BCUT2D eigenvalue weighted by Gasteiger charge is -2.22. The van der Waals surface area contributed by atoms with Crippen molar-refractivity contribution in [3.63, 3.8) is 0 Å².